The number of hydrogen-bond acceptors (Lipinski definition) is 5. The van der Waals surface area contributed by atoms with E-state index in [0.717, 1.165) is 42.8 Å². The maximum atomic E-state index is 11.2. The van der Waals surface area contributed by atoms with Crippen molar-refractivity contribution in [3.8, 4) is 5.75 Å². The zero-order valence-corrected chi connectivity index (χ0v) is 15.0. The SMILES string of the molecule is Cc1cccc(C)c1OCCO/N=C(\N)CN1CCC(C(N)=O)CC1. The monoisotopic (exact) mass is 348 g/mol. The van der Waals surface area contributed by atoms with Crippen molar-refractivity contribution in [1.82, 2.24) is 4.90 Å². The lowest BCUT2D eigenvalue weighted by Gasteiger charge is -2.29. The van der Waals surface area contributed by atoms with Gasteiger partial charge in [0.25, 0.3) is 0 Å². The van der Waals surface area contributed by atoms with Gasteiger partial charge in [0, 0.05) is 5.92 Å². The highest BCUT2D eigenvalue weighted by atomic mass is 16.6. The van der Waals surface area contributed by atoms with Gasteiger partial charge in [0.15, 0.2) is 12.4 Å². The molecule has 0 unspecified atom stereocenters. The van der Waals surface area contributed by atoms with Gasteiger partial charge in [-0.1, -0.05) is 23.4 Å². The number of amidine groups is 1. The predicted octanol–water partition coefficient (Wildman–Crippen LogP) is 1.17. The fourth-order valence-electron chi connectivity index (χ4n) is 2.97. The summed E-state index contributed by atoms with van der Waals surface area (Å²) >= 11 is 0. The lowest BCUT2D eigenvalue weighted by Crippen LogP contribution is -2.42. The Kier molecular flexibility index (Phi) is 7.06. The largest absolute Gasteiger partial charge is 0.489 e. The molecule has 0 radical (unpaired) electrons. The maximum Gasteiger partial charge on any atom is 0.220 e. The molecule has 0 bridgehead atoms. The Morgan fingerprint density at radius 3 is 2.44 bits per heavy atom. The summed E-state index contributed by atoms with van der Waals surface area (Å²) in [6, 6.07) is 6.03. The summed E-state index contributed by atoms with van der Waals surface area (Å²) in [6.07, 6.45) is 1.54. The number of nitrogens with zero attached hydrogens (tertiary/aromatic N) is 2. The van der Waals surface area contributed by atoms with E-state index in [4.69, 9.17) is 21.0 Å². The number of rotatable bonds is 8. The Bertz CT molecular complexity index is 590. The standard InChI is InChI=1S/C18H28N4O3/c1-13-4-3-5-14(2)17(13)24-10-11-25-21-16(19)12-22-8-6-15(7-9-22)18(20)23/h3-5,15H,6-12H2,1-2H3,(H2,19,21)(H2,20,23). The average molecular weight is 348 g/mol. The second-order valence-corrected chi connectivity index (χ2v) is 6.44. The number of amides is 1. The molecule has 0 spiro atoms. The molecule has 7 heteroatoms. The number of ether oxygens (including phenoxy) is 1. The van der Waals surface area contributed by atoms with Crippen molar-refractivity contribution in [2.75, 3.05) is 32.8 Å². The van der Waals surface area contributed by atoms with Crippen molar-refractivity contribution < 1.29 is 14.4 Å². The lowest BCUT2D eigenvalue weighted by molar-refractivity contribution is -0.123. The average Bonchev–Trinajstić information content (AvgIpc) is 2.57. The molecule has 7 nitrogen and oxygen atoms in total. The Morgan fingerprint density at radius 2 is 1.84 bits per heavy atom. The van der Waals surface area contributed by atoms with Gasteiger partial charge in [0.05, 0.1) is 6.54 Å². The van der Waals surface area contributed by atoms with E-state index >= 15 is 0 Å². The molecule has 0 saturated carbocycles. The molecule has 1 fully saturated rings. The minimum absolute atomic E-state index is 0.0206. The van der Waals surface area contributed by atoms with Crippen molar-refractivity contribution in [2.45, 2.75) is 26.7 Å². The van der Waals surface area contributed by atoms with Crippen molar-refractivity contribution in [2.24, 2.45) is 22.5 Å². The highest BCUT2D eigenvalue weighted by Crippen LogP contribution is 2.22. The number of benzene rings is 1. The molecular weight excluding hydrogens is 320 g/mol. The molecule has 4 N–H and O–H groups in total. The van der Waals surface area contributed by atoms with Crippen molar-refractivity contribution in [3.05, 3.63) is 29.3 Å². The molecule has 0 aliphatic carbocycles. The van der Waals surface area contributed by atoms with Crippen LogP contribution in [0.5, 0.6) is 5.75 Å². The maximum absolute atomic E-state index is 11.2. The smallest absolute Gasteiger partial charge is 0.220 e. The molecule has 1 amide bonds. The number of primary amides is 1. The second-order valence-electron chi connectivity index (χ2n) is 6.44. The number of carbonyl (C=O) groups is 1. The molecule has 2 rings (SSSR count). The fourth-order valence-corrected chi connectivity index (χ4v) is 2.97. The second kappa shape index (κ2) is 9.27. The molecule has 1 heterocycles. The van der Waals surface area contributed by atoms with Gasteiger partial charge in [-0.15, -0.1) is 0 Å². The zero-order valence-electron chi connectivity index (χ0n) is 15.0. The van der Waals surface area contributed by atoms with Crippen LogP contribution in [0.3, 0.4) is 0 Å². The molecule has 1 aromatic carbocycles. The number of nitrogens with two attached hydrogens (primary N) is 2. The Hall–Kier alpha value is -2.28. The van der Waals surface area contributed by atoms with Crippen LogP contribution in [-0.4, -0.2) is 49.5 Å². The van der Waals surface area contributed by atoms with Gasteiger partial charge in [-0.25, -0.2) is 0 Å². The van der Waals surface area contributed by atoms with Crippen LogP contribution < -0.4 is 16.2 Å². The van der Waals surface area contributed by atoms with E-state index in [1.54, 1.807) is 0 Å². The summed E-state index contributed by atoms with van der Waals surface area (Å²) in [5.74, 6) is 1.08. The van der Waals surface area contributed by atoms with Gasteiger partial charge in [-0.3, -0.25) is 9.69 Å². The van der Waals surface area contributed by atoms with Gasteiger partial charge in [-0.05, 0) is 50.9 Å². The minimum atomic E-state index is -0.214. The van der Waals surface area contributed by atoms with Crippen molar-refractivity contribution >= 4 is 11.7 Å². The third kappa shape index (κ3) is 5.94. The van der Waals surface area contributed by atoms with Crippen LogP contribution in [0.1, 0.15) is 24.0 Å². The van der Waals surface area contributed by atoms with E-state index in [1.807, 2.05) is 32.0 Å². The van der Waals surface area contributed by atoms with E-state index in [-0.39, 0.29) is 11.8 Å². The van der Waals surface area contributed by atoms with E-state index in [9.17, 15) is 4.79 Å². The lowest BCUT2D eigenvalue weighted by atomic mass is 9.96. The zero-order chi connectivity index (χ0) is 18.2. The summed E-state index contributed by atoms with van der Waals surface area (Å²) in [5.41, 5.74) is 13.4. The van der Waals surface area contributed by atoms with Gasteiger partial charge >= 0.3 is 0 Å². The third-order valence-corrected chi connectivity index (χ3v) is 4.39. The molecule has 1 aliphatic heterocycles. The van der Waals surface area contributed by atoms with Crippen LogP contribution in [0.25, 0.3) is 0 Å². The molecular formula is C18H28N4O3. The van der Waals surface area contributed by atoms with Crippen molar-refractivity contribution in [1.29, 1.82) is 0 Å². The number of oxime groups is 1. The number of piperidine rings is 1. The highest BCUT2D eigenvalue weighted by Gasteiger charge is 2.23. The topological polar surface area (TPSA) is 103 Å². The molecule has 1 aromatic rings. The first-order chi connectivity index (χ1) is 12.0. The highest BCUT2D eigenvalue weighted by molar-refractivity contribution is 5.81. The molecule has 138 valence electrons. The number of carbonyl (C=O) groups excluding carboxylic acids is 1. The summed E-state index contributed by atoms with van der Waals surface area (Å²) in [7, 11) is 0. The summed E-state index contributed by atoms with van der Waals surface area (Å²) < 4.78 is 5.74. The summed E-state index contributed by atoms with van der Waals surface area (Å²) in [5, 5.41) is 3.93. The van der Waals surface area contributed by atoms with E-state index in [2.05, 4.69) is 10.1 Å². The van der Waals surface area contributed by atoms with Crippen LogP contribution in [0, 0.1) is 19.8 Å². The first-order valence-electron chi connectivity index (χ1n) is 8.62. The Labute approximate surface area is 148 Å². The van der Waals surface area contributed by atoms with Gasteiger partial charge < -0.3 is 21.0 Å². The molecule has 0 atom stereocenters. The molecule has 0 aromatic heterocycles. The van der Waals surface area contributed by atoms with E-state index < -0.39 is 0 Å². The Morgan fingerprint density at radius 1 is 1.20 bits per heavy atom. The van der Waals surface area contributed by atoms with Crippen LogP contribution in [-0.2, 0) is 9.63 Å². The summed E-state index contributed by atoms with van der Waals surface area (Å²) in [4.78, 5) is 18.5. The fraction of sp³-hybridized carbons (Fsp3) is 0.556. The molecule has 1 saturated heterocycles. The molecule has 25 heavy (non-hydrogen) atoms. The van der Waals surface area contributed by atoms with Crippen LogP contribution in [0.15, 0.2) is 23.4 Å². The number of likely N-dealkylation sites (tertiary alicyclic amines) is 1. The van der Waals surface area contributed by atoms with E-state index in [1.165, 1.54) is 0 Å². The summed E-state index contributed by atoms with van der Waals surface area (Å²) in [6.45, 7) is 6.88. The number of para-hydroxylation sites is 1. The first-order valence-corrected chi connectivity index (χ1v) is 8.62. The van der Waals surface area contributed by atoms with Gasteiger partial charge in [-0.2, -0.15) is 0 Å². The quantitative estimate of drug-likeness (QED) is 0.318. The van der Waals surface area contributed by atoms with Crippen LogP contribution in [0.2, 0.25) is 0 Å². The molecule has 1 aliphatic rings. The third-order valence-electron chi connectivity index (χ3n) is 4.39. The van der Waals surface area contributed by atoms with E-state index in [0.29, 0.717) is 25.6 Å². The Balaban J connectivity index is 1.66. The normalized spacial score (nSPS) is 16.6. The van der Waals surface area contributed by atoms with Gasteiger partial charge in [0.1, 0.15) is 12.4 Å². The first kappa shape index (κ1) is 19.1. The van der Waals surface area contributed by atoms with Crippen molar-refractivity contribution in [3.63, 3.8) is 0 Å². The van der Waals surface area contributed by atoms with Crippen LogP contribution >= 0.6 is 0 Å². The minimum Gasteiger partial charge on any atom is -0.489 e. The van der Waals surface area contributed by atoms with Gasteiger partial charge in [0.2, 0.25) is 5.91 Å². The van der Waals surface area contributed by atoms with Crippen LogP contribution in [0.4, 0.5) is 0 Å². The predicted molar refractivity (Wildman–Crippen MR) is 97.3 cm³/mol. The number of aryl methyl sites for hydroxylation is 2. The number of hydrogen-bond donors (Lipinski definition) is 2.